The molecule has 0 aliphatic heterocycles. The molecule has 0 amide bonds. The molecular formula is C15H16N2O3. The van der Waals surface area contributed by atoms with Gasteiger partial charge in [-0.25, -0.2) is 9.78 Å². The Labute approximate surface area is 116 Å². The molecule has 1 aromatic heterocycles. The molecule has 5 heteroatoms. The predicted octanol–water partition coefficient (Wildman–Crippen LogP) is 2.23. The van der Waals surface area contributed by atoms with Crippen LogP contribution >= 0.6 is 0 Å². The lowest BCUT2D eigenvalue weighted by Gasteiger charge is -2.05. The number of aromatic amines is 1. The van der Waals surface area contributed by atoms with E-state index in [0.29, 0.717) is 5.82 Å². The van der Waals surface area contributed by atoms with Crippen LogP contribution in [-0.2, 0) is 4.74 Å². The summed E-state index contributed by atoms with van der Waals surface area (Å²) in [5, 5.41) is 0. The van der Waals surface area contributed by atoms with E-state index in [0.717, 1.165) is 11.1 Å². The van der Waals surface area contributed by atoms with Gasteiger partial charge in [0.15, 0.2) is 0 Å². The van der Waals surface area contributed by atoms with Crippen LogP contribution in [-0.4, -0.2) is 22.5 Å². The number of H-pyrrole nitrogens is 1. The van der Waals surface area contributed by atoms with Crippen molar-refractivity contribution in [3.63, 3.8) is 0 Å². The smallest absolute Gasteiger partial charge is 0.345 e. The van der Waals surface area contributed by atoms with Crippen LogP contribution in [0.4, 0.5) is 0 Å². The zero-order chi connectivity index (χ0) is 14.7. The number of nitrogens with one attached hydrogen (secondary N) is 1. The Morgan fingerprint density at radius 3 is 2.65 bits per heavy atom. The molecule has 1 N–H and O–H groups in total. The Hall–Kier alpha value is -2.43. The summed E-state index contributed by atoms with van der Waals surface area (Å²) >= 11 is 0. The van der Waals surface area contributed by atoms with Crippen LogP contribution in [0, 0.1) is 13.8 Å². The first-order valence-corrected chi connectivity index (χ1v) is 6.37. The van der Waals surface area contributed by atoms with Crippen LogP contribution in [0.3, 0.4) is 0 Å². The molecule has 0 radical (unpaired) electrons. The van der Waals surface area contributed by atoms with E-state index in [4.69, 9.17) is 4.74 Å². The highest BCUT2D eigenvalue weighted by atomic mass is 16.5. The van der Waals surface area contributed by atoms with Crippen molar-refractivity contribution in [1.29, 1.82) is 0 Å². The number of carbonyl (C=O) groups is 1. The molecule has 104 valence electrons. The Kier molecular flexibility index (Phi) is 3.98. The SMILES string of the molecule is CCOC(=O)c1cnc(-c2ccc(C)c(C)c2)[nH]c1=O. The van der Waals surface area contributed by atoms with Crippen LogP contribution < -0.4 is 5.56 Å². The van der Waals surface area contributed by atoms with Crippen molar-refractivity contribution in [2.24, 2.45) is 0 Å². The minimum absolute atomic E-state index is 0.0839. The lowest BCUT2D eigenvalue weighted by Crippen LogP contribution is -2.21. The number of hydrogen-bond acceptors (Lipinski definition) is 4. The number of benzene rings is 1. The fourth-order valence-electron chi connectivity index (χ4n) is 1.78. The maximum absolute atomic E-state index is 11.9. The predicted molar refractivity (Wildman–Crippen MR) is 75.7 cm³/mol. The summed E-state index contributed by atoms with van der Waals surface area (Å²) in [7, 11) is 0. The van der Waals surface area contributed by atoms with E-state index < -0.39 is 11.5 Å². The highest BCUT2D eigenvalue weighted by Crippen LogP contribution is 2.17. The molecule has 0 saturated heterocycles. The molecule has 0 atom stereocenters. The molecule has 5 nitrogen and oxygen atoms in total. The van der Waals surface area contributed by atoms with E-state index in [9.17, 15) is 9.59 Å². The van der Waals surface area contributed by atoms with E-state index in [2.05, 4.69) is 9.97 Å². The molecule has 0 saturated carbocycles. The zero-order valence-corrected chi connectivity index (χ0v) is 11.7. The van der Waals surface area contributed by atoms with Crippen molar-refractivity contribution in [2.45, 2.75) is 20.8 Å². The van der Waals surface area contributed by atoms with Crippen molar-refractivity contribution in [2.75, 3.05) is 6.61 Å². The number of nitrogens with zero attached hydrogens (tertiary/aromatic N) is 1. The normalized spacial score (nSPS) is 10.3. The quantitative estimate of drug-likeness (QED) is 0.870. The van der Waals surface area contributed by atoms with Crippen molar-refractivity contribution in [1.82, 2.24) is 9.97 Å². The first-order valence-electron chi connectivity index (χ1n) is 6.37. The van der Waals surface area contributed by atoms with Gasteiger partial charge >= 0.3 is 5.97 Å². The first-order chi connectivity index (χ1) is 9.52. The van der Waals surface area contributed by atoms with Gasteiger partial charge in [0, 0.05) is 11.8 Å². The summed E-state index contributed by atoms with van der Waals surface area (Å²) in [6.07, 6.45) is 1.25. The average Bonchev–Trinajstić information content (AvgIpc) is 2.42. The summed E-state index contributed by atoms with van der Waals surface area (Å²) in [6.45, 7) is 5.91. The van der Waals surface area contributed by atoms with Gasteiger partial charge in [-0.1, -0.05) is 12.1 Å². The minimum Gasteiger partial charge on any atom is -0.462 e. The third-order valence-electron chi connectivity index (χ3n) is 3.07. The Morgan fingerprint density at radius 1 is 1.30 bits per heavy atom. The van der Waals surface area contributed by atoms with Crippen molar-refractivity contribution in [3.8, 4) is 11.4 Å². The van der Waals surface area contributed by atoms with E-state index >= 15 is 0 Å². The number of aromatic nitrogens is 2. The van der Waals surface area contributed by atoms with E-state index in [-0.39, 0.29) is 12.2 Å². The van der Waals surface area contributed by atoms with E-state index in [1.54, 1.807) is 6.92 Å². The second kappa shape index (κ2) is 5.69. The van der Waals surface area contributed by atoms with Gasteiger partial charge in [-0.15, -0.1) is 0 Å². The lowest BCUT2D eigenvalue weighted by atomic mass is 10.1. The summed E-state index contributed by atoms with van der Waals surface area (Å²) in [6, 6.07) is 5.78. The standard InChI is InChI=1S/C15H16N2O3/c1-4-20-15(19)12-8-16-13(17-14(12)18)11-6-5-9(2)10(3)7-11/h5-8H,4H2,1-3H3,(H,16,17,18). The molecule has 1 heterocycles. The monoisotopic (exact) mass is 272 g/mol. The second-order valence-electron chi connectivity index (χ2n) is 4.49. The average molecular weight is 272 g/mol. The van der Waals surface area contributed by atoms with Crippen LogP contribution in [0.5, 0.6) is 0 Å². The Bertz CT molecular complexity index is 705. The van der Waals surface area contributed by atoms with Gasteiger partial charge < -0.3 is 9.72 Å². The van der Waals surface area contributed by atoms with Crippen molar-refractivity contribution >= 4 is 5.97 Å². The van der Waals surface area contributed by atoms with E-state index in [1.165, 1.54) is 11.8 Å². The third kappa shape index (κ3) is 2.77. The Morgan fingerprint density at radius 2 is 2.05 bits per heavy atom. The van der Waals surface area contributed by atoms with Crippen LogP contribution in [0.1, 0.15) is 28.4 Å². The largest absolute Gasteiger partial charge is 0.462 e. The maximum Gasteiger partial charge on any atom is 0.345 e. The lowest BCUT2D eigenvalue weighted by molar-refractivity contribution is 0.0524. The summed E-state index contributed by atoms with van der Waals surface area (Å²) in [5.41, 5.74) is 2.51. The van der Waals surface area contributed by atoms with Gasteiger partial charge in [0.1, 0.15) is 11.4 Å². The fourth-order valence-corrected chi connectivity index (χ4v) is 1.78. The molecule has 0 aliphatic carbocycles. The van der Waals surface area contributed by atoms with Gasteiger partial charge in [0.2, 0.25) is 0 Å². The zero-order valence-electron chi connectivity index (χ0n) is 11.7. The minimum atomic E-state index is -0.659. The molecule has 1 aromatic carbocycles. The number of esters is 1. The van der Waals surface area contributed by atoms with E-state index in [1.807, 2.05) is 32.0 Å². The molecule has 0 unspecified atom stereocenters. The van der Waals surface area contributed by atoms with Gasteiger partial charge in [0.05, 0.1) is 6.61 Å². The molecule has 2 rings (SSSR count). The second-order valence-corrected chi connectivity index (χ2v) is 4.49. The topological polar surface area (TPSA) is 72.0 Å². The molecule has 0 fully saturated rings. The van der Waals surface area contributed by atoms with Crippen molar-refractivity contribution < 1.29 is 9.53 Å². The molecule has 0 spiro atoms. The van der Waals surface area contributed by atoms with Gasteiger partial charge in [-0.05, 0) is 38.0 Å². The number of hydrogen-bond donors (Lipinski definition) is 1. The molecular weight excluding hydrogens is 256 g/mol. The molecule has 0 bridgehead atoms. The Balaban J connectivity index is 2.40. The molecule has 20 heavy (non-hydrogen) atoms. The third-order valence-corrected chi connectivity index (χ3v) is 3.07. The van der Waals surface area contributed by atoms with Crippen LogP contribution in [0.25, 0.3) is 11.4 Å². The molecule has 2 aromatic rings. The summed E-state index contributed by atoms with van der Waals surface area (Å²) < 4.78 is 4.79. The van der Waals surface area contributed by atoms with Gasteiger partial charge in [0.25, 0.3) is 5.56 Å². The maximum atomic E-state index is 11.9. The van der Waals surface area contributed by atoms with Crippen LogP contribution in [0.15, 0.2) is 29.2 Å². The number of rotatable bonds is 3. The number of ether oxygens (including phenoxy) is 1. The fraction of sp³-hybridized carbons (Fsp3) is 0.267. The summed E-state index contributed by atoms with van der Waals surface area (Å²) in [5.74, 6) is -0.223. The number of aryl methyl sites for hydroxylation is 2. The highest BCUT2D eigenvalue weighted by molar-refractivity contribution is 5.88. The highest BCUT2D eigenvalue weighted by Gasteiger charge is 2.13. The van der Waals surface area contributed by atoms with Crippen LogP contribution in [0.2, 0.25) is 0 Å². The van der Waals surface area contributed by atoms with Gasteiger partial charge in [-0.3, -0.25) is 4.79 Å². The summed E-state index contributed by atoms with van der Waals surface area (Å²) in [4.78, 5) is 30.2. The van der Waals surface area contributed by atoms with Crippen molar-refractivity contribution in [3.05, 3.63) is 51.4 Å². The first kappa shape index (κ1) is 14.0. The molecule has 0 aliphatic rings. The number of carbonyl (C=O) groups excluding carboxylic acids is 1. The van der Waals surface area contributed by atoms with Gasteiger partial charge in [-0.2, -0.15) is 0 Å².